The average molecular weight is 420 g/mol. The number of para-hydroxylation sites is 1. The summed E-state index contributed by atoms with van der Waals surface area (Å²) in [6.07, 6.45) is 6.22. The number of benzene rings is 1. The number of rotatable bonds is 6. The van der Waals surface area contributed by atoms with E-state index in [0.29, 0.717) is 5.56 Å². The van der Waals surface area contributed by atoms with Gasteiger partial charge in [0.1, 0.15) is 5.82 Å². The van der Waals surface area contributed by atoms with Crippen molar-refractivity contribution in [2.45, 2.75) is 17.7 Å². The van der Waals surface area contributed by atoms with Gasteiger partial charge in [0.25, 0.3) is 5.91 Å². The number of pyridine rings is 2. The lowest BCUT2D eigenvalue weighted by molar-refractivity contribution is 0.0631. The molecule has 0 atom stereocenters. The van der Waals surface area contributed by atoms with Crippen molar-refractivity contribution < 1.29 is 4.79 Å². The van der Waals surface area contributed by atoms with E-state index in [0.717, 1.165) is 53.7 Å². The van der Waals surface area contributed by atoms with Crippen LogP contribution >= 0.6 is 11.9 Å². The van der Waals surface area contributed by atoms with Gasteiger partial charge in [-0.2, -0.15) is 0 Å². The molecule has 1 N–H and O–H groups in total. The van der Waals surface area contributed by atoms with Gasteiger partial charge < -0.3 is 9.62 Å². The molecule has 2 aliphatic rings. The number of anilines is 1. The number of hydrogen-bond acceptors (Lipinski definition) is 6. The van der Waals surface area contributed by atoms with E-state index in [-0.39, 0.29) is 5.91 Å². The normalized spacial score (nSPS) is 17.3. The van der Waals surface area contributed by atoms with E-state index in [2.05, 4.69) is 31.7 Å². The van der Waals surface area contributed by atoms with Crippen LogP contribution < -0.4 is 4.72 Å². The molecule has 1 saturated carbocycles. The van der Waals surface area contributed by atoms with Crippen LogP contribution in [0.2, 0.25) is 0 Å². The maximum atomic E-state index is 12.8. The molecule has 2 aromatic heterocycles. The molecule has 3 heterocycles. The maximum Gasteiger partial charge on any atom is 0.255 e. The molecule has 1 amide bonds. The fourth-order valence-corrected chi connectivity index (χ4v) is 4.58. The predicted octanol–water partition coefficient (Wildman–Crippen LogP) is 3.92. The minimum atomic E-state index is 0.0750. The van der Waals surface area contributed by atoms with Crippen LogP contribution in [-0.2, 0) is 0 Å². The van der Waals surface area contributed by atoms with Gasteiger partial charge in [-0.25, -0.2) is 4.98 Å². The van der Waals surface area contributed by atoms with Crippen LogP contribution in [0.1, 0.15) is 23.2 Å². The minimum absolute atomic E-state index is 0.0750. The van der Waals surface area contributed by atoms with Crippen LogP contribution in [0.4, 0.5) is 5.82 Å². The molecule has 1 aromatic carbocycles. The zero-order valence-corrected chi connectivity index (χ0v) is 17.6. The summed E-state index contributed by atoms with van der Waals surface area (Å²) in [5.74, 6) is 1.70. The summed E-state index contributed by atoms with van der Waals surface area (Å²) in [6.45, 7) is 4.76. The summed E-state index contributed by atoms with van der Waals surface area (Å²) >= 11 is 1.48. The molecule has 154 valence electrons. The third-order valence-electron chi connectivity index (χ3n) is 5.74. The molecule has 0 bridgehead atoms. The molecular weight excluding hydrogens is 394 g/mol. The molecule has 6 nitrogen and oxygen atoms in total. The summed E-state index contributed by atoms with van der Waals surface area (Å²) in [5.41, 5.74) is 1.61. The summed E-state index contributed by atoms with van der Waals surface area (Å²) in [7, 11) is 0. The van der Waals surface area contributed by atoms with Gasteiger partial charge in [0.05, 0.1) is 16.0 Å². The molecule has 30 heavy (non-hydrogen) atoms. The standard InChI is InChI=1S/C23H25N5OS/c29-23(28-13-11-27(12-14-28)16-17-6-7-17)19-8-9-21(25-15-19)26-30-20-5-1-3-18-4-2-10-24-22(18)20/h1-5,8-10,15,17H,6-7,11-14,16H2,(H,25,26). The summed E-state index contributed by atoms with van der Waals surface area (Å²) < 4.78 is 3.26. The Hall–Kier alpha value is -2.64. The Bertz CT molecular complexity index is 1020. The molecule has 1 saturated heterocycles. The first-order valence-corrected chi connectivity index (χ1v) is 11.3. The zero-order valence-electron chi connectivity index (χ0n) is 16.8. The Labute approximate surface area is 180 Å². The number of fused-ring (bicyclic) bond motifs is 1. The number of nitrogens with zero attached hydrogens (tertiary/aromatic N) is 4. The van der Waals surface area contributed by atoms with Gasteiger partial charge in [-0.05, 0) is 55.0 Å². The van der Waals surface area contributed by atoms with E-state index in [1.54, 1.807) is 12.4 Å². The van der Waals surface area contributed by atoms with Gasteiger partial charge in [-0.1, -0.05) is 18.2 Å². The molecule has 7 heteroatoms. The summed E-state index contributed by atoms with van der Waals surface area (Å²) in [5, 5.41) is 1.11. The lowest BCUT2D eigenvalue weighted by atomic mass is 10.2. The molecular formula is C23H25N5OS. The molecule has 1 aliphatic carbocycles. The molecule has 2 fully saturated rings. The smallest absolute Gasteiger partial charge is 0.255 e. The highest BCUT2D eigenvalue weighted by Crippen LogP contribution is 2.30. The topological polar surface area (TPSA) is 61.4 Å². The fourth-order valence-electron chi connectivity index (χ4n) is 3.83. The molecule has 0 radical (unpaired) electrons. The lowest BCUT2D eigenvalue weighted by Crippen LogP contribution is -2.49. The molecule has 5 rings (SSSR count). The molecule has 3 aromatic rings. The number of carbonyl (C=O) groups excluding carboxylic acids is 1. The molecule has 0 unspecified atom stereocenters. The summed E-state index contributed by atoms with van der Waals surface area (Å²) in [6, 6.07) is 13.8. The fraction of sp³-hybridized carbons (Fsp3) is 0.348. The van der Waals surface area contributed by atoms with Crippen molar-refractivity contribution in [3.05, 3.63) is 60.4 Å². The number of hydrogen-bond donors (Lipinski definition) is 1. The molecule has 1 aliphatic heterocycles. The van der Waals surface area contributed by atoms with E-state index < -0.39 is 0 Å². The Morgan fingerprint density at radius 2 is 1.87 bits per heavy atom. The van der Waals surface area contributed by atoms with Gasteiger partial charge in [0.2, 0.25) is 0 Å². The largest absolute Gasteiger partial charge is 0.336 e. The Kier molecular flexibility index (Phi) is 5.55. The highest BCUT2D eigenvalue weighted by molar-refractivity contribution is 8.00. The van der Waals surface area contributed by atoms with Crippen molar-refractivity contribution in [1.82, 2.24) is 19.8 Å². The van der Waals surface area contributed by atoms with Gasteiger partial charge in [-0.3, -0.25) is 14.7 Å². The van der Waals surface area contributed by atoms with E-state index in [4.69, 9.17) is 0 Å². The van der Waals surface area contributed by atoms with Crippen LogP contribution in [0.5, 0.6) is 0 Å². The molecule has 0 spiro atoms. The van der Waals surface area contributed by atoms with Crippen LogP contribution in [0.15, 0.2) is 59.8 Å². The van der Waals surface area contributed by atoms with Crippen molar-refractivity contribution in [2.24, 2.45) is 5.92 Å². The van der Waals surface area contributed by atoms with Gasteiger partial charge in [0.15, 0.2) is 0 Å². The number of piperazine rings is 1. The predicted molar refractivity (Wildman–Crippen MR) is 121 cm³/mol. The highest BCUT2D eigenvalue weighted by Gasteiger charge is 2.28. The van der Waals surface area contributed by atoms with Crippen molar-refractivity contribution in [2.75, 3.05) is 37.4 Å². The van der Waals surface area contributed by atoms with E-state index in [1.807, 2.05) is 35.2 Å². The Morgan fingerprint density at radius 1 is 1.03 bits per heavy atom. The van der Waals surface area contributed by atoms with Crippen molar-refractivity contribution in [3.8, 4) is 0 Å². The second-order valence-corrected chi connectivity index (χ2v) is 8.85. The van der Waals surface area contributed by atoms with Gasteiger partial charge in [-0.15, -0.1) is 0 Å². The first-order valence-electron chi connectivity index (χ1n) is 10.5. The van der Waals surface area contributed by atoms with Crippen LogP contribution in [-0.4, -0.2) is 58.4 Å². The average Bonchev–Trinajstić information content (AvgIpc) is 3.62. The highest BCUT2D eigenvalue weighted by atomic mass is 32.2. The van der Waals surface area contributed by atoms with E-state index in [9.17, 15) is 4.79 Å². The minimum Gasteiger partial charge on any atom is -0.336 e. The Balaban J connectivity index is 1.17. The van der Waals surface area contributed by atoms with Crippen molar-refractivity contribution in [1.29, 1.82) is 0 Å². The first-order chi connectivity index (χ1) is 14.8. The maximum absolute atomic E-state index is 12.8. The van der Waals surface area contributed by atoms with Crippen LogP contribution in [0.25, 0.3) is 10.9 Å². The van der Waals surface area contributed by atoms with Crippen molar-refractivity contribution >= 4 is 34.6 Å². The van der Waals surface area contributed by atoms with Crippen molar-refractivity contribution in [3.63, 3.8) is 0 Å². The third-order valence-corrected chi connectivity index (χ3v) is 6.61. The van der Waals surface area contributed by atoms with E-state index in [1.165, 1.54) is 31.3 Å². The Morgan fingerprint density at radius 3 is 2.63 bits per heavy atom. The lowest BCUT2D eigenvalue weighted by Gasteiger charge is -2.34. The van der Waals surface area contributed by atoms with Crippen LogP contribution in [0.3, 0.4) is 0 Å². The second kappa shape index (κ2) is 8.62. The quantitative estimate of drug-likeness (QED) is 0.611. The third kappa shape index (κ3) is 4.42. The number of aromatic nitrogens is 2. The monoisotopic (exact) mass is 419 g/mol. The SMILES string of the molecule is O=C(c1ccc(NSc2cccc3cccnc23)nc1)N1CCN(CC2CC2)CC1. The zero-order chi connectivity index (χ0) is 20.3. The van der Waals surface area contributed by atoms with Crippen LogP contribution in [0, 0.1) is 5.92 Å². The number of nitrogens with one attached hydrogen (secondary N) is 1. The second-order valence-electron chi connectivity index (χ2n) is 8.00. The van der Waals surface area contributed by atoms with E-state index >= 15 is 0 Å². The number of carbonyl (C=O) groups is 1. The van der Waals surface area contributed by atoms with Gasteiger partial charge in [0, 0.05) is 50.5 Å². The first kappa shape index (κ1) is 19.3. The summed E-state index contributed by atoms with van der Waals surface area (Å²) in [4.78, 5) is 27.2. The van der Waals surface area contributed by atoms with Gasteiger partial charge >= 0.3 is 0 Å². The number of amides is 1.